The molecule has 1 saturated heterocycles. The average molecular weight is 270 g/mol. The fourth-order valence-electron chi connectivity index (χ4n) is 2.19. The van der Waals surface area contributed by atoms with E-state index in [1.807, 2.05) is 12.1 Å². The minimum atomic E-state index is -0.101. The Hall–Kier alpha value is -2.50. The van der Waals surface area contributed by atoms with Crippen molar-refractivity contribution in [2.45, 2.75) is 12.5 Å². The zero-order chi connectivity index (χ0) is 13.8. The van der Waals surface area contributed by atoms with Gasteiger partial charge in [0.05, 0.1) is 18.9 Å². The molecule has 0 radical (unpaired) electrons. The van der Waals surface area contributed by atoms with Crippen molar-refractivity contribution in [1.82, 2.24) is 19.9 Å². The summed E-state index contributed by atoms with van der Waals surface area (Å²) in [5, 5.41) is 0. The first kappa shape index (κ1) is 12.5. The monoisotopic (exact) mass is 270 g/mol. The van der Waals surface area contributed by atoms with Gasteiger partial charge in [-0.25, -0.2) is 4.98 Å². The second kappa shape index (κ2) is 5.64. The smallest absolute Gasteiger partial charge is 0.274 e. The van der Waals surface area contributed by atoms with Crippen molar-refractivity contribution >= 4 is 5.91 Å². The molecule has 20 heavy (non-hydrogen) atoms. The average Bonchev–Trinajstić information content (AvgIpc) is 2.97. The van der Waals surface area contributed by atoms with E-state index in [1.54, 1.807) is 23.5 Å². The molecule has 1 fully saturated rings. The van der Waals surface area contributed by atoms with Crippen LogP contribution in [-0.2, 0) is 0 Å². The lowest BCUT2D eigenvalue weighted by molar-refractivity contribution is 0.0766. The number of carbonyl (C=O) groups is 1. The Balaban J connectivity index is 1.61. The van der Waals surface area contributed by atoms with Crippen LogP contribution in [0.3, 0.4) is 0 Å². The molecule has 1 amide bonds. The maximum absolute atomic E-state index is 12.2. The summed E-state index contributed by atoms with van der Waals surface area (Å²) in [5.74, 6) is 0.627. The van der Waals surface area contributed by atoms with Crippen LogP contribution in [0.2, 0.25) is 0 Å². The van der Waals surface area contributed by atoms with Gasteiger partial charge in [-0.1, -0.05) is 0 Å². The molecule has 0 spiro atoms. The number of hydrogen-bond donors (Lipinski definition) is 0. The summed E-state index contributed by atoms with van der Waals surface area (Å²) in [6, 6.07) is 3.69. The topological polar surface area (TPSA) is 68.2 Å². The van der Waals surface area contributed by atoms with Gasteiger partial charge in [0.1, 0.15) is 17.5 Å². The molecule has 0 aromatic carbocycles. The van der Waals surface area contributed by atoms with Gasteiger partial charge in [0.25, 0.3) is 5.91 Å². The van der Waals surface area contributed by atoms with Gasteiger partial charge >= 0.3 is 0 Å². The largest absolute Gasteiger partial charge is 0.487 e. The van der Waals surface area contributed by atoms with Crippen LogP contribution in [-0.4, -0.2) is 45.0 Å². The highest BCUT2D eigenvalue weighted by Crippen LogP contribution is 2.18. The van der Waals surface area contributed by atoms with Gasteiger partial charge in [-0.15, -0.1) is 0 Å². The van der Waals surface area contributed by atoms with Gasteiger partial charge in [-0.2, -0.15) is 0 Å². The van der Waals surface area contributed by atoms with E-state index in [0.717, 1.165) is 12.2 Å². The first-order chi connectivity index (χ1) is 9.83. The van der Waals surface area contributed by atoms with Gasteiger partial charge in [-0.05, 0) is 12.1 Å². The summed E-state index contributed by atoms with van der Waals surface area (Å²) in [6.45, 7) is 1.23. The molecule has 1 atom stereocenters. The fourth-order valence-corrected chi connectivity index (χ4v) is 2.19. The Morgan fingerprint density at radius 2 is 2.15 bits per heavy atom. The molecule has 6 heteroatoms. The molecule has 3 rings (SSSR count). The van der Waals surface area contributed by atoms with E-state index >= 15 is 0 Å². The molecule has 1 unspecified atom stereocenters. The molecule has 102 valence electrons. The summed E-state index contributed by atoms with van der Waals surface area (Å²) in [7, 11) is 0. The van der Waals surface area contributed by atoms with Gasteiger partial charge in [-0.3, -0.25) is 14.8 Å². The third kappa shape index (κ3) is 2.74. The van der Waals surface area contributed by atoms with Crippen LogP contribution in [0.5, 0.6) is 5.75 Å². The highest BCUT2D eigenvalue weighted by molar-refractivity contribution is 5.92. The van der Waals surface area contributed by atoms with E-state index in [-0.39, 0.29) is 12.0 Å². The van der Waals surface area contributed by atoms with Crippen LogP contribution in [0.15, 0.2) is 43.1 Å². The first-order valence-electron chi connectivity index (χ1n) is 6.45. The zero-order valence-electron chi connectivity index (χ0n) is 10.8. The van der Waals surface area contributed by atoms with Crippen molar-refractivity contribution < 1.29 is 9.53 Å². The number of likely N-dealkylation sites (tertiary alicyclic amines) is 1. The van der Waals surface area contributed by atoms with Gasteiger partial charge in [0, 0.05) is 31.6 Å². The zero-order valence-corrected chi connectivity index (χ0v) is 10.8. The number of nitrogens with zero attached hydrogens (tertiary/aromatic N) is 4. The molecule has 2 aromatic rings. The van der Waals surface area contributed by atoms with Crippen molar-refractivity contribution in [2.75, 3.05) is 13.1 Å². The van der Waals surface area contributed by atoms with E-state index in [0.29, 0.717) is 18.8 Å². The standard InChI is InChI=1S/C14H14N4O2/c19-14(13-9-16-5-6-17-13)18-7-3-12(10-18)20-11-2-1-4-15-8-11/h1-2,4-6,8-9,12H,3,7,10H2. The number of ether oxygens (including phenoxy) is 1. The van der Waals surface area contributed by atoms with E-state index in [2.05, 4.69) is 15.0 Å². The van der Waals surface area contributed by atoms with E-state index in [9.17, 15) is 4.79 Å². The Morgan fingerprint density at radius 3 is 2.90 bits per heavy atom. The third-order valence-corrected chi connectivity index (χ3v) is 3.15. The fraction of sp³-hybridized carbons (Fsp3) is 0.286. The Kier molecular flexibility index (Phi) is 3.54. The lowest BCUT2D eigenvalue weighted by Crippen LogP contribution is -2.31. The maximum atomic E-state index is 12.2. The van der Waals surface area contributed by atoms with Crippen molar-refractivity contribution in [2.24, 2.45) is 0 Å². The van der Waals surface area contributed by atoms with E-state index in [1.165, 1.54) is 12.4 Å². The van der Waals surface area contributed by atoms with Crippen LogP contribution in [0.25, 0.3) is 0 Å². The number of aromatic nitrogens is 3. The lowest BCUT2D eigenvalue weighted by atomic mass is 10.3. The minimum Gasteiger partial charge on any atom is -0.487 e. The van der Waals surface area contributed by atoms with E-state index in [4.69, 9.17) is 4.74 Å². The molecule has 1 aliphatic heterocycles. The normalized spacial score (nSPS) is 18.0. The number of amides is 1. The summed E-state index contributed by atoms with van der Waals surface area (Å²) in [4.78, 5) is 25.9. The quantitative estimate of drug-likeness (QED) is 0.837. The minimum absolute atomic E-state index is 0.000165. The lowest BCUT2D eigenvalue weighted by Gasteiger charge is -2.16. The van der Waals surface area contributed by atoms with Gasteiger partial charge < -0.3 is 9.64 Å². The number of carbonyl (C=O) groups excluding carboxylic acids is 1. The second-order valence-corrected chi connectivity index (χ2v) is 4.56. The summed E-state index contributed by atoms with van der Waals surface area (Å²) in [5.41, 5.74) is 0.370. The van der Waals surface area contributed by atoms with Crippen molar-refractivity contribution in [3.8, 4) is 5.75 Å². The summed E-state index contributed by atoms with van der Waals surface area (Å²) >= 11 is 0. The van der Waals surface area contributed by atoms with Gasteiger partial charge in [0.2, 0.25) is 0 Å². The van der Waals surface area contributed by atoms with Crippen molar-refractivity contribution in [1.29, 1.82) is 0 Å². The first-order valence-corrected chi connectivity index (χ1v) is 6.45. The molecular formula is C14H14N4O2. The highest BCUT2D eigenvalue weighted by Gasteiger charge is 2.28. The van der Waals surface area contributed by atoms with Crippen LogP contribution < -0.4 is 4.74 Å². The van der Waals surface area contributed by atoms with Crippen LogP contribution in [0, 0.1) is 0 Å². The number of rotatable bonds is 3. The Bertz CT molecular complexity index is 576. The highest BCUT2D eigenvalue weighted by atomic mass is 16.5. The maximum Gasteiger partial charge on any atom is 0.274 e. The third-order valence-electron chi connectivity index (χ3n) is 3.15. The SMILES string of the molecule is O=C(c1cnccn1)N1CCC(Oc2cccnc2)C1. The number of hydrogen-bond acceptors (Lipinski definition) is 5. The van der Waals surface area contributed by atoms with E-state index < -0.39 is 0 Å². The summed E-state index contributed by atoms with van der Waals surface area (Å²) < 4.78 is 5.80. The van der Waals surface area contributed by atoms with Crippen LogP contribution >= 0.6 is 0 Å². The van der Waals surface area contributed by atoms with Crippen LogP contribution in [0.1, 0.15) is 16.9 Å². The summed E-state index contributed by atoms with van der Waals surface area (Å²) in [6.07, 6.45) is 8.74. The molecule has 3 heterocycles. The van der Waals surface area contributed by atoms with Gasteiger partial charge in [0.15, 0.2) is 0 Å². The molecule has 2 aromatic heterocycles. The number of pyridine rings is 1. The van der Waals surface area contributed by atoms with Crippen molar-refractivity contribution in [3.05, 3.63) is 48.8 Å². The Morgan fingerprint density at radius 1 is 1.25 bits per heavy atom. The predicted molar refractivity (Wildman–Crippen MR) is 71.2 cm³/mol. The molecular weight excluding hydrogens is 256 g/mol. The van der Waals surface area contributed by atoms with Crippen LogP contribution in [0.4, 0.5) is 0 Å². The molecule has 0 saturated carbocycles. The molecule has 0 bridgehead atoms. The van der Waals surface area contributed by atoms with Crippen molar-refractivity contribution in [3.63, 3.8) is 0 Å². The second-order valence-electron chi connectivity index (χ2n) is 4.56. The molecule has 6 nitrogen and oxygen atoms in total. The molecule has 1 aliphatic rings. The molecule has 0 N–H and O–H groups in total. The molecule has 0 aliphatic carbocycles. The Labute approximate surface area is 116 Å². The predicted octanol–water partition coefficient (Wildman–Crippen LogP) is 1.17.